The fourth-order valence-corrected chi connectivity index (χ4v) is 4.18. The highest BCUT2D eigenvalue weighted by atomic mass is 16.3. The summed E-state index contributed by atoms with van der Waals surface area (Å²) in [6.45, 7) is 0. The Morgan fingerprint density at radius 2 is 1.18 bits per heavy atom. The summed E-state index contributed by atoms with van der Waals surface area (Å²) in [6, 6.07) is 33.7. The van der Waals surface area contributed by atoms with Gasteiger partial charge in [-0.15, -0.1) is 0 Å². The molecule has 5 aromatic carbocycles. The molecule has 1 N–H and O–H groups in total. The van der Waals surface area contributed by atoms with Crippen LogP contribution in [0.4, 0.5) is 11.4 Å². The molecule has 0 saturated heterocycles. The number of nitrogens with one attached hydrogen (secondary N) is 1. The molecule has 28 heavy (non-hydrogen) atoms. The molecule has 0 aliphatic heterocycles. The van der Waals surface area contributed by atoms with Gasteiger partial charge >= 0.3 is 0 Å². The number of furan rings is 1. The van der Waals surface area contributed by atoms with Crippen molar-refractivity contribution in [3.05, 3.63) is 97.1 Å². The van der Waals surface area contributed by atoms with E-state index in [4.69, 9.17) is 4.42 Å². The summed E-state index contributed by atoms with van der Waals surface area (Å²) < 4.78 is 6.05. The van der Waals surface area contributed by atoms with Gasteiger partial charge in [0.2, 0.25) is 0 Å². The highest BCUT2D eigenvalue weighted by Gasteiger charge is 2.12. The van der Waals surface area contributed by atoms with Gasteiger partial charge in [-0.2, -0.15) is 0 Å². The number of hydrogen-bond donors (Lipinski definition) is 1. The Bertz CT molecular complexity index is 1490. The average molecular weight is 359 g/mol. The van der Waals surface area contributed by atoms with Gasteiger partial charge in [0.15, 0.2) is 0 Å². The molecule has 0 amide bonds. The summed E-state index contributed by atoms with van der Waals surface area (Å²) in [6.07, 6.45) is 0. The van der Waals surface area contributed by atoms with Gasteiger partial charge in [0, 0.05) is 16.5 Å². The number of benzene rings is 5. The van der Waals surface area contributed by atoms with Crippen molar-refractivity contribution in [3.8, 4) is 0 Å². The zero-order valence-electron chi connectivity index (χ0n) is 15.1. The second-order valence-electron chi connectivity index (χ2n) is 7.09. The van der Waals surface area contributed by atoms with Crippen molar-refractivity contribution in [2.45, 2.75) is 0 Å². The molecule has 6 rings (SSSR count). The van der Waals surface area contributed by atoms with Crippen LogP contribution in [0.2, 0.25) is 0 Å². The monoisotopic (exact) mass is 359 g/mol. The quantitative estimate of drug-likeness (QED) is 0.321. The van der Waals surface area contributed by atoms with E-state index in [2.05, 4.69) is 78.1 Å². The van der Waals surface area contributed by atoms with Crippen LogP contribution in [-0.4, -0.2) is 0 Å². The van der Waals surface area contributed by atoms with Crippen molar-refractivity contribution < 1.29 is 4.42 Å². The smallest absolute Gasteiger partial charge is 0.137 e. The van der Waals surface area contributed by atoms with Crippen molar-refractivity contribution in [1.29, 1.82) is 0 Å². The van der Waals surface area contributed by atoms with Crippen molar-refractivity contribution in [3.63, 3.8) is 0 Å². The first-order valence-corrected chi connectivity index (χ1v) is 9.46. The number of anilines is 2. The maximum absolute atomic E-state index is 6.05. The van der Waals surface area contributed by atoms with E-state index in [1.165, 1.54) is 21.5 Å². The minimum Gasteiger partial charge on any atom is -0.456 e. The number of hydrogen-bond acceptors (Lipinski definition) is 2. The van der Waals surface area contributed by atoms with Crippen LogP contribution in [0, 0.1) is 0 Å². The van der Waals surface area contributed by atoms with E-state index in [0.29, 0.717) is 0 Å². The summed E-state index contributed by atoms with van der Waals surface area (Å²) in [5.41, 5.74) is 3.97. The van der Waals surface area contributed by atoms with E-state index < -0.39 is 0 Å². The molecule has 1 heterocycles. The van der Waals surface area contributed by atoms with Gasteiger partial charge in [-0.05, 0) is 40.4 Å². The van der Waals surface area contributed by atoms with Crippen LogP contribution >= 0.6 is 0 Å². The topological polar surface area (TPSA) is 25.2 Å². The molecule has 0 spiro atoms. The molecule has 0 bridgehead atoms. The van der Waals surface area contributed by atoms with Crippen LogP contribution in [0.1, 0.15) is 0 Å². The third-order valence-corrected chi connectivity index (χ3v) is 5.44. The molecule has 0 aliphatic rings. The van der Waals surface area contributed by atoms with E-state index in [1.54, 1.807) is 0 Å². The summed E-state index contributed by atoms with van der Waals surface area (Å²) in [4.78, 5) is 0. The molecule has 0 fully saturated rings. The lowest BCUT2D eigenvalue weighted by Crippen LogP contribution is -1.93. The zero-order valence-corrected chi connectivity index (χ0v) is 15.1. The SMILES string of the molecule is c1ccc2c(c1)cc(Nc1cccc3oc4ccccc4c13)c1ccccc12. The Morgan fingerprint density at radius 1 is 0.500 bits per heavy atom. The maximum Gasteiger partial charge on any atom is 0.137 e. The van der Waals surface area contributed by atoms with Gasteiger partial charge in [-0.1, -0.05) is 72.8 Å². The predicted molar refractivity (Wildman–Crippen MR) is 118 cm³/mol. The molecule has 6 aromatic rings. The normalized spacial score (nSPS) is 11.6. The van der Waals surface area contributed by atoms with Gasteiger partial charge in [-0.25, -0.2) is 0 Å². The summed E-state index contributed by atoms with van der Waals surface area (Å²) in [5.74, 6) is 0. The lowest BCUT2D eigenvalue weighted by molar-refractivity contribution is 0.669. The summed E-state index contributed by atoms with van der Waals surface area (Å²) >= 11 is 0. The number of para-hydroxylation sites is 1. The van der Waals surface area contributed by atoms with Gasteiger partial charge in [0.25, 0.3) is 0 Å². The highest BCUT2D eigenvalue weighted by Crippen LogP contribution is 2.38. The highest BCUT2D eigenvalue weighted by molar-refractivity contribution is 6.16. The van der Waals surface area contributed by atoms with Crippen molar-refractivity contribution in [1.82, 2.24) is 0 Å². The van der Waals surface area contributed by atoms with Crippen LogP contribution in [0.15, 0.2) is 101 Å². The van der Waals surface area contributed by atoms with Crippen LogP contribution in [0.5, 0.6) is 0 Å². The van der Waals surface area contributed by atoms with Gasteiger partial charge in [0.05, 0.1) is 11.1 Å². The maximum atomic E-state index is 6.05. The summed E-state index contributed by atoms with van der Waals surface area (Å²) in [5, 5.41) is 10.9. The Hall–Kier alpha value is -3.78. The molecule has 0 radical (unpaired) electrons. The van der Waals surface area contributed by atoms with E-state index in [-0.39, 0.29) is 0 Å². The fraction of sp³-hybridized carbons (Fsp3) is 0. The van der Waals surface area contributed by atoms with E-state index in [0.717, 1.165) is 33.3 Å². The average Bonchev–Trinajstić information content (AvgIpc) is 3.13. The molecule has 1 aromatic heterocycles. The second kappa shape index (κ2) is 5.86. The molecule has 2 heteroatoms. The van der Waals surface area contributed by atoms with Gasteiger partial charge in [0.1, 0.15) is 11.2 Å². The Morgan fingerprint density at radius 3 is 2.07 bits per heavy atom. The predicted octanol–water partition coefficient (Wildman–Crippen LogP) is 7.64. The number of fused-ring (bicyclic) bond motifs is 6. The van der Waals surface area contributed by atoms with Crippen molar-refractivity contribution in [2.24, 2.45) is 0 Å². The molecule has 0 unspecified atom stereocenters. The van der Waals surface area contributed by atoms with Crippen LogP contribution < -0.4 is 5.32 Å². The molecule has 2 nitrogen and oxygen atoms in total. The fourth-order valence-electron chi connectivity index (χ4n) is 4.18. The number of rotatable bonds is 2. The molecule has 132 valence electrons. The van der Waals surface area contributed by atoms with Crippen molar-refractivity contribution in [2.75, 3.05) is 5.32 Å². The van der Waals surface area contributed by atoms with E-state index in [9.17, 15) is 0 Å². The molecular weight excluding hydrogens is 342 g/mol. The Kier molecular flexibility index (Phi) is 3.20. The first kappa shape index (κ1) is 15.3. The lowest BCUT2D eigenvalue weighted by Gasteiger charge is -2.13. The molecule has 0 saturated carbocycles. The standard InChI is InChI=1S/C26H17NO/c1-2-9-18-17(8-1)16-23(20-11-4-3-10-19(18)20)27-22-13-7-15-25-26(22)21-12-5-6-14-24(21)28-25/h1-16,27H. The Labute approximate surface area is 162 Å². The largest absolute Gasteiger partial charge is 0.456 e. The first-order valence-electron chi connectivity index (χ1n) is 9.46. The van der Waals surface area contributed by atoms with Gasteiger partial charge < -0.3 is 9.73 Å². The zero-order chi connectivity index (χ0) is 18.5. The lowest BCUT2D eigenvalue weighted by atomic mass is 10.00. The minimum atomic E-state index is 0.899. The van der Waals surface area contributed by atoms with Crippen LogP contribution in [0.3, 0.4) is 0 Å². The van der Waals surface area contributed by atoms with Crippen LogP contribution in [0.25, 0.3) is 43.5 Å². The third-order valence-electron chi connectivity index (χ3n) is 5.44. The summed E-state index contributed by atoms with van der Waals surface area (Å²) in [7, 11) is 0. The van der Waals surface area contributed by atoms with Crippen molar-refractivity contribution >= 4 is 54.9 Å². The Balaban J connectivity index is 1.63. The van der Waals surface area contributed by atoms with E-state index >= 15 is 0 Å². The van der Waals surface area contributed by atoms with E-state index in [1.807, 2.05) is 24.3 Å². The molecular formula is C26H17NO. The van der Waals surface area contributed by atoms with Gasteiger partial charge in [-0.3, -0.25) is 0 Å². The van der Waals surface area contributed by atoms with Crippen LogP contribution in [-0.2, 0) is 0 Å². The molecule has 0 atom stereocenters. The molecule has 0 aliphatic carbocycles. The minimum absolute atomic E-state index is 0.899. The first-order chi connectivity index (χ1) is 13.9. The second-order valence-corrected chi connectivity index (χ2v) is 7.09. The third kappa shape index (κ3) is 2.21.